The highest BCUT2D eigenvalue weighted by Gasteiger charge is 2.64. The number of carboxylic acid groups (broad SMARTS) is 1. The second kappa shape index (κ2) is 13.3. The van der Waals surface area contributed by atoms with Crippen LogP contribution in [-0.2, 0) is 22.5 Å². The number of carbonyl (C=O) groups is 3. The number of hydrogen-bond acceptors (Lipinski definition) is 7. The number of hydrogen-bond donors (Lipinski definition) is 3. The summed E-state index contributed by atoms with van der Waals surface area (Å²) in [6, 6.07) is 12.5. The van der Waals surface area contributed by atoms with Crippen LogP contribution in [0.2, 0.25) is 5.02 Å². The average Bonchev–Trinajstić information content (AvgIpc) is 3.22. The van der Waals surface area contributed by atoms with Crippen LogP contribution in [0.3, 0.4) is 0 Å². The van der Waals surface area contributed by atoms with Crippen molar-refractivity contribution in [2.24, 2.45) is 0 Å². The van der Waals surface area contributed by atoms with Crippen LogP contribution in [0.5, 0.6) is 5.75 Å². The highest BCUT2D eigenvalue weighted by molar-refractivity contribution is 6.32. The molecule has 0 radical (unpaired) electrons. The van der Waals surface area contributed by atoms with Crippen molar-refractivity contribution in [2.75, 3.05) is 57.8 Å². The summed E-state index contributed by atoms with van der Waals surface area (Å²) in [5.74, 6) is -0.0708. The summed E-state index contributed by atoms with van der Waals surface area (Å²) >= 11 is 6.29. The van der Waals surface area contributed by atoms with Crippen LogP contribution in [0.25, 0.3) is 0 Å². The number of benzene rings is 2. The van der Waals surface area contributed by atoms with E-state index in [1.165, 1.54) is 6.07 Å². The van der Waals surface area contributed by atoms with Crippen LogP contribution >= 0.6 is 11.6 Å². The van der Waals surface area contributed by atoms with Crippen molar-refractivity contribution in [3.63, 3.8) is 0 Å². The van der Waals surface area contributed by atoms with Gasteiger partial charge in [0.05, 0.1) is 31.2 Å². The number of rotatable bonds is 7. The predicted molar refractivity (Wildman–Crippen MR) is 169 cm³/mol. The molecule has 242 valence electrons. The van der Waals surface area contributed by atoms with E-state index in [4.69, 9.17) is 16.3 Å². The summed E-state index contributed by atoms with van der Waals surface area (Å²) in [7, 11) is 0. The monoisotopic (exact) mass is 640 g/mol. The fourth-order valence-corrected chi connectivity index (χ4v) is 8.48. The Labute approximate surface area is 268 Å². The van der Waals surface area contributed by atoms with Gasteiger partial charge in [0, 0.05) is 68.9 Å². The Morgan fingerprint density at radius 2 is 1.82 bits per heavy atom. The van der Waals surface area contributed by atoms with E-state index in [-0.39, 0.29) is 46.8 Å². The number of phenolic OH excluding ortho intramolecular Hbond substituents is 1. The number of anilines is 1. The van der Waals surface area contributed by atoms with E-state index in [0.717, 1.165) is 43.5 Å². The minimum absolute atomic E-state index is 0.0134. The number of aromatic hydroxyl groups is 1. The molecule has 11 nitrogen and oxygen atoms in total. The maximum atomic E-state index is 13.7. The van der Waals surface area contributed by atoms with E-state index in [1.807, 2.05) is 29.2 Å². The molecular weight excluding hydrogens is 598 g/mol. The first-order chi connectivity index (χ1) is 21.8. The maximum absolute atomic E-state index is 13.7. The number of piperidine rings is 2. The van der Waals surface area contributed by atoms with Crippen LogP contribution in [0, 0.1) is 0 Å². The van der Waals surface area contributed by atoms with Gasteiger partial charge in [-0.1, -0.05) is 29.8 Å². The number of ether oxygens (including phenoxy) is 1. The van der Waals surface area contributed by atoms with E-state index in [2.05, 4.69) is 15.1 Å². The van der Waals surface area contributed by atoms with Crippen molar-refractivity contribution in [1.82, 2.24) is 14.7 Å². The molecule has 2 aromatic carbocycles. The third kappa shape index (κ3) is 6.04. The van der Waals surface area contributed by atoms with Crippen LogP contribution in [0.4, 0.5) is 15.3 Å². The average molecular weight is 641 g/mol. The lowest BCUT2D eigenvalue weighted by Crippen LogP contribution is -2.78. The van der Waals surface area contributed by atoms with E-state index in [9.17, 15) is 24.6 Å². The van der Waals surface area contributed by atoms with Gasteiger partial charge >= 0.3 is 12.1 Å². The molecule has 3 amide bonds. The van der Waals surface area contributed by atoms with Gasteiger partial charge in [0.1, 0.15) is 18.6 Å². The zero-order valence-electron chi connectivity index (χ0n) is 25.6. The molecule has 3 fully saturated rings. The molecule has 0 bridgehead atoms. The van der Waals surface area contributed by atoms with Crippen LogP contribution in [0.15, 0.2) is 42.5 Å². The molecule has 0 aliphatic carbocycles. The van der Waals surface area contributed by atoms with Crippen LogP contribution in [0.1, 0.15) is 43.2 Å². The number of amides is 3. The predicted octanol–water partition coefficient (Wildman–Crippen LogP) is 4.37. The maximum Gasteiger partial charge on any atom is 0.515 e. The van der Waals surface area contributed by atoms with Crippen molar-refractivity contribution in [1.29, 1.82) is 0 Å². The SMILES string of the molecule is O=CCC1(N2CCC(N3CCOCC3)CC2)CC(N2CCc3ccccc3NC2=O)CC[N@+]1(Cc1ccc(O)c(Cl)c1)C(=O)O. The number of carbonyl (C=O) groups excluding carboxylic acids is 2. The number of phenols is 1. The van der Waals surface area contributed by atoms with Crippen molar-refractivity contribution >= 4 is 35.7 Å². The standard InChI is InChI=1S/C33H42ClN5O6/c34-28-21-24(5-6-30(28)41)23-39(32(43)44)17-10-27(38-14-7-25-3-1-2-4-29(25)35-31(38)42)22-33(39,11-18-40)37-12-8-26(9-13-37)36-15-19-45-20-16-36/h1-6,18,21,26-27H,7-17,19-20,22-23H2,(H2-,35,41,42,43,44)/p+1/t27?,33?,39-/m0/s1. The Balaban J connectivity index is 1.36. The molecule has 4 aliphatic heterocycles. The van der Waals surface area contributed by atoms with Crippen molar-refractivity contribution in [3.8, 4) is 5.75 Å². The molecule has 3 N–H and O–H groups in total. The van der Waals surface area contributed by atoms with Crippen LogP contribution < -0.4 is 5.32 Å². The number of likely N-dealkylation sites (tertiary alicyclic amines) is 2. The molecule has 12 heteroatoms. The van der Waals surface area contributed by atoms with E-state index in [1.54, 1.807) is 12.1 Å². The molecule has 0 aromatic heterocycles. The van der Waals surface area contributed by atoms with Gasteiger partial charge in [-0.25, -0.2) is 9.28 Å². The van der Waals surface area contributed by atoms with E-state index < -0.39 is 11.8 Å². The second-order valence-electron chi connectivity index (χ2n) is 12.8. The minimum atomic E-state index is -1.10. The smallest absolute Gasteiger partial charge is 0.506 e. The summed E-state index contributed by atoms with van der Waals surface area (Å²) in [4.78, 5) is 46.5. The first-order valence-corrected chi connectivity index (χ1v) is 16.4. The van der Waals surface area contributed by atoms with Gasteiger partial charge in [0.15, 0.2) is 5.66 Å². The Morgan fingerprint density at radius 3 is 2.53 bits per heavy atom. The van der Waals surface area contributed by atoms with E-state index in [0.29, 0.717) is 63.7 Å². The van der Waals surface area contributed by atoms with Crippen molar-refractivity contribution in [2.45, 2.75) is 62.8 Å². The summed E-state index contributed by atoms with van der Waals surface area (Å²) in [6.07, 6.45) is 3.06. The van der Waals surface area contributed by atoms with Gasteiger partial charge in [0.25, 0.3) is 0 Å². The van der Waals surface area contributed by atoms with Gasteiger partial charge in [-0.2, -0.15) is 4.79 Å². The summed E-state index contributed by atoms with van der Waals surface area (Å²) in [6.45, 7) is 5.31. The zero-order chi connectivity index (χ0) is 31.6. The van der Waals surface area contributed by atoms with Crippen molar-refractivity contribution in [3.05, 3.63) is 58.6 Å². The van der Waals surface area contributed by atoms with E-state index >= 15 is 0 Å². The number of urea groups is 1. The molecule has 2 aromatic rings. The summed E-state index contributed by atoms with van der Waals surface area (Å²) in [5, 5.41) is 24.5. The fourth-order valence-electron chi connectivity index (χ4n) is 8.27. The Kier molecular flexibility index (Phi) is 9.35. The van der Waals surface area contributed by atoms with Gasteiger partial charge in [-0.05, 0) is 49.1 Å². The molecule has 3 atom stereocenters. The largest absolute Gasteiger partial charge is 0.515 e. The molecule has 4 aliphatic rings. The number of fused-ring (bicyclic) bond motifs is 1. The lowest BCUT2D eigenvalue weighted by molar-refractivity contribution is -0.942. The van der Waals surface area contributed by atoms with Gasteiger partial charge < -0.3 is 30.0 Å². The highest BCUT2D eigenvalue weighted by atomic mass is 35.5. The first-order valence-electron chi connectivity index (χ1n) is 16.0. The fraction of sp³-hybridized carbons (Fsp3) is 0.545. The van der Waals surface area contributed by atoms with Gasteiger partial charge in [0.2, 0.25) is 0 Å². The molecule has 4 heterocycles. The van der Waals surface area contributed by atoms with Crippen LogP contribution in [-0.4, -0.2) is 118 Å². The molecule has 2 unspecified atom stereocenters. The number of nitrogens with zero attached hydrogens (tertiary/aromatic N) is 4. The summed E-state index contributed by atoms with van der Waals surface area (Å²) in [5.41, 5.74) is 1.43. The minimum Gasteiger partial charge on any atom is -0.506 e. The second-order valence-corrected chi connectivity index (χ2v) is 13.2. The molecule has 3 saturated heterocycles. The molecule has 45 heavy (non-hydrogen) atoms. The summed E-state index contributed by atoms with van der Waals surface area (Å²) < 4.78 is 5.19. The Bertz CT molecular complexity index is 1410. The third-order valence-electron chi connectivity index (χ3n) is 10.6. The quantitative estimate of drug-likeness (QED) is 0.301. The van der Waals surface area contributed by atoms with Crippen molar-refractivity contribution < 1.29 is 33.8 Å². The lowest BCUT2D eigenvalue weighted by atomic mass is 9.81. The van der Waals surface area contributed by atoms with Gasteiger partial charge in [-0.15, -0.1) is 0 Å². The number of para-hydroxylation sites is 1. The number of halogens is 1. The first kappa shape index (κ1) is 31.7. The Hall–Kier alpha value is -3.22. The Morgan fingerprint density at radius 1 is 1.07 bits per heavy atom. The molecule has 6 rings (SSSR count). The number of aldehydes is 1. The zero-order valence-corrected chi connectivity index (χ0v) is 26.3. The number of morpholine rings is 1. The molecule has 0 spiro atoms. The number of nitrogens with one attached hydrogen (secondary N) is 1. The number of quaternary nitrogens is 1. The highest BCUT2D eigenvalue weighted by Crippen LogP contribution is 2.46. The topological polar surface area (TPSA) is 123 Å². The molecule has 0 saturated carbocycles. The lowest BCUT2D eigenvalue weighted by Gasteiger charge is -2.59. The normalized spacial score (nSPS) is 28.6. The van der Waals surface area contributed by atoms with Gasteiger partial charge in [-0.3, -0.25) is 9.80 Å². The molecular formula is C33H43ClN5O6+. The third-order valence-corrected chi connectivity index (χ3v) is 10.9.